The van der Waals surface area contributed by atoms with Crippen molar-refractivity contribution in [1.29, 1.82) is 0 Å². The lowest BCUT2D eigenvalue weighted by atomic mass is 10.3. The zero-order chi connectivity index (χ0) is 13.4. The molecular formula is C13H8ClF2N3. The number of halogens is 3. The fourth-order valence-electron chi connectivity index (χ4n) is 1.96. The van der Waals surface area contributed by atoms with Gasteiger partial charge in [0.25, 0.3) is 0 Å². The minimum Gasteiger partial charge on any atom is -0.277 e. The number of pyridine rings is 1. The number of alkyl halides is 1. The van der Waals surface area contributed by atoms with E-state index in [2.05, 4.69) is 9.97 Å². The van der Waals surface area contributed by atoms with Gasteiger partial charge in [-0.3, -0.25) is 4.57 Å². The molecule has 0 N–H and O–H groups in total. The van der Waals surface area contributed by atoms with E-state index >= 15 is 0 Å². The average Bonchev–Trinajstić information content (AvgIpc) is 2.80. The molecule has 0 aliphatic heterocycles. The number of hydrogen-bond acceptors (Lipinski definition) is 2. The molecule has 0 saturated heterocycles. The molecule has 6 heteroatoms. The lowest BCUT2D eigenvalue weighted by molar-refractivity contribution is 0.592. The van der Waals surface area contributed by atoms with Gasteiger partial charge in [0.1, 0.15) is 23.0 Å². The molecule has 0 radical (unpaired) electrons. The molecule has 3 aromatic rings. The first kappa shape index (κ1) is 12.0. The Morgan fingerprint density at radius 2 is 2.05 bits per heavy atom. The topological polar surface area (TPSA) is 30.7 Å². The first-order chi connectivity index (χ1) is 9.20. The van der Waals surface area contributed by atoms with Gasteiger partial charge in [-0.25, -0.2) is 18.7 Å². The number of rotatable bonds is 2. The van der Waals surface area contributed by atoms with Crippen LogP contribution in [0.3, 0.4) is 0 Å². The van der Waals surface area contributed by atoms with E-state index in [1.807, 2.05) is 0 Å². The van der Waals surface area contributed by atoms with E-state index in [0.717, 1.165) is 18.2 Å². The molecule has 19 heavy (non-hydrogen) atoms. The normalized spacial score (nSPS) is 11.1. The maximum atomic E-state index is 13.9. The van der Waals surface area contributed by atoms with Gasteiger partial charge in [-0.15, -0.1) is 11.6 Å². The fraction of sp³-hybridized carbons (Fsp3) is 0.0769. The smallest absolute Gasteiger partial charge is 0.164 e. The summed E-state index contributed by atoms with van der Waals surface area (Å²) in [5, 5.41) is 0. The molecule has 0 aliphatic rings. The predicted octanol–water partition coefficient (Wildman–Crippen LogP) is 3.44. The maximum absolute atomic E-state index is 13.9. The van der Waals surface area contributed by atoms with Crippen LogP contribution in [0, 0.1) is 11.6 Å². The summed E-state index contributed by atoms with van der Waals surface area (Å²) in [5.74, 6) is -0.598. The number of benzene rings is 1. The molecule has 0 unspecified atom stereocenters. The van der Waals surface area contributed by atoms with Gasteiger partial charge < -0.3 is 0 Å². The van der Waals surface area contributed by atoms with E-state index in [4.69, 9.17) is 11.6 Å². The maximum Gasteiger partial charge on any atom is 0.164 e. The van der Waals surface area contributed by atoms with Crippen LogP contribution < -0.4 is 0 Å². The molecule has 2 aromatic heterocycles. The van der Waals surface area contributed by atoms with Gasteiger partial charge in [0.15, 0.2) is 5.65 Å². The zero-order valence-corrected chi connectivity index (χ0v) is 10.4. The van der Waals surface area contributed by atoms with Crippen LogP contribution in [0.15, 0.2) is 36.5 Å². The van der Waals surface area contributed by atoms with Gasteiger partial charge >= 0.3 is 0 Å². The number of aromatic nitrogens is 3. The summed E-state index contributed by atoms with van der Waals surface area (Å²) in [5.41, 5.74) is 1.08. The van der Waals surface area contributed by atoms with Gasteiger partial charge in [0.05, 0.1) is 11.6 Å². The highest BCUT2D eigenvalue weighted by atomic mass is 35.5. The Balaban J connectivity index is 2.37. The number of hydrogen-bond donors (Lipinski definition) is 0. The third-order valence-electron chi connectivity index (χ3n) is 2.75. The standard InChI is InChI=1S/C13H8ClF2N3/c14-7-12-18-10-2-1-5-17-13(10)19(12)11-6-8(15)3-4-9(11)16/h1-6H,7H2. The predicted molar refractivity (Wildman–Crippen MR) is 68.3 cm³/mol. The van der Waals surface area contributed by atoms with Crippen molar-refractivity contribution < 1.29 is 8.78 Å². The van der Waals surface area contributed by atoms with E-state index in [1.165, 1.54) is 4.57 Å². The van der Waals surface area contributed by atoms with Gasteiger partial charge in [-0.1, -0.05) is 0 Å². The Hall–Kier alpha value is -2.01. The lowest BCUT2D eigenvalue weighted by Gasteiger charge is -2.08. The first-order valence-corrected chi connectivity index (χ1v) is 6.08. The summed E-state index contributed by atoms with van der Waals surface area (Å²) < 4.78 is 28.6. The Morgan fingerprint density at radius 1 is 1.21 bits per heavy atom. The molecule has 3 rings (SSSR count). The number of imidazole rings is 1. The van der Waals surface area contributed by atoms with Crippen LogP contribution in [0.2, 0.25) is 0 Å². The second-order valence-corrected chi connectivity index (χ2v) is 4.21. The first-order valence-electron chi connectivity index (χ1n) is 5.54. The van der Waals surface area contributed by atoms with Crippen LogP contribution in [-0.2, 0) is 5.88 Å². The van der Waals surface area contributed by atoms with Crippen LogP contribution in [-0.4, -0.2) is 14.5 Å². The van der Waals surface area contributed by atoms with Crippen molar-refractivity contribution in [1.82, 2.24) is 14.5 Å². The highest BCUT2D eigenvalue weighted by Crippen LogP contribution is 2.23. The third-order valence-corrected chi connectivity index (χ3v) is 2.99. The second-order valence-electron chi connectivity index (χ2n) is 3.94. The average molecular weight is 280 g/mol. The summed E-state index contributed by atoms with van der Waals surface area (Å²) in [7, 11) is 0. The van der Waals surface area contributed by atoms with Gasteiger partial charge in [-0.2, -0.15) is 0 Å². The molecule has 96 valence electrons. The Morgan fingerprint density at radius 3 is 2.84 bits per heavy atom. The molecule has 2 heterocycles. The summed E-state index contributed by atoms with van der Waals surface area (Å²) in [4.78, 5) is 8.41. The Bertz CT molecular complexity index is 755. The quantitative estimate of drug-likeness (QED) is 0.673. The van der Waals surface area contributed by atoms with Crippen LogP contribution in [0.4, 0.5) is 8.78 Å². The molecule has 0 saturated carbocycles. The second kappa shape index (κ2) is 4.59. The summed E-state index contributed by atoms with van der Waals surface area (Å²) in [6.07, 6.45) is 1.57. The van der Waals surface area contributed by atoms with E-state index in [-0.39, 0.29) is 11.6 Å². The van der Waals surface area contributed by atoms with E-state index < -0.39 is 11.6 Å². The lowest BCUT2D eigenvalue weighted by Crippen LogP contribution is -2.03. The molecule has 0 fully saturated rings. The Labute approximate surface area is 112 Å². The van der Waals surface area contributed by atoms with Crippen molar-refractivity contribution in [2.45, 2.75) is 5.88 Å². The molecule has 0 bridgehead atoms. The van der Waals surface area contributed by atoms with Crippen molar-refractivity contribution in [3.05, 3.63) is 54.0 Å². The van der Waals surface area contributed by atoms with Crippen molar-refractivity contribution in [2.24, 2.45) is 0 Å². The van der Waals surface area contributed by atoms with Crippen molar-refractivity contribution >= 4 is 22.8 Å². The zero-order valence-electron chi connectivity index (χ0n) is 9.65. The third kappa shape index (κ3) is 1.96. The van der Waals surface area contributed by atoms with Crippen LogP contribution in [0.25, 0.3) is 16.9 Å². The van der Waals surface area contributed by atoms with Crippen molar-refractivity contribution in [3.8, 4) is 5.69 Å². The van der Waals surface area contributed by atoms with Crippen LogP contribution in [0.5, 0.6) is 0 Å². The minimum atomic E-state index is -0.558. The monoisotopic (exact) mass is 279 g/mol. The van der Waals surface area contributed by atoms with E-state index in [9.17, 15) is 8.78 Å². The Kier molecular flexibility index (Phi) is 2.91. The summed E-state index contributed by atoms with van der Waals surface area (Å²) in [6.45, 7) is 0. The summed E-state index contributed by atoms with van der Waals surface area (Å²) >= 11 is 5.82. The number of fused-ring (bicyclic) bond motifs is 1. The van der Waals surface area contributed by atoms with Crippen molar-refractivity contribution in [2.75, 3.05) is 0 Å². The molecule has 0 amide bonds. The summed E-state index contributed by atoms with van der Waals surface area (Å²) in [6, 6.07) is 6.69. The number of nitrogens with zero attached hydrogens (tertiary/aromatic N) is 3. The highest BCUT2D eigenvalue weighted by Gasteiger charge is 2.16. The van der Waals surface area contributed by atoms with E-state index in [1.54, 1.807) is 18.3 Å². The molecule has 0 aliphatic carbocycles. The highest BCUT2D eigenvalue weighted by molar-refractivity contribution is 6.16. The molecule has 3 nitrogen and oxygen atoms in total. The molecule has 0 atom stereocenters. The van der Waals surface area contributed by atoms with Gasteiger partial charge in [0, 0.05) is 12.3 Å². The SMILES string of the molecule is Fc1ccc(F)c(-n2c(CCl)nc3cccnc32)c1. The minimum absolute atomic E-state index is 0.0526. The van der Waals surface area contributed by atoms with Crippen LogP contribution in [0.1, 0.15) is 5.82 Å². The van der Waals surface area contributed by atoms with Crippen molar-refractivity contribution in [3.63, 3.8) is 0 Å². The van der Waals surface area contributed by atoms with E-state index in [0.29, 0.717) is 17.0 Å². The van der Waals surface area contributed by atoms with Crippen LogP contribution >= 0.6 is 11.6 Å². The molecule has 0 spiro atoms. The fourth-order valence-corrected chi connectivity index (χ4v) is 2.14. The molecular weight excluding hydrogens is 272 g/mol. The molecule has 1 aromatic carbocycles. The largest absolute Gasteiger partial charge is 0.277 e. The van der Waals surface area contributed by atoms with Gasteiger partial charge in [-0.05, 0) is 24.3 Å². The van der Waals surface area contributed by atoms with Gasteiger partial charge in [0.2, 0.25) is 0 Å².